The van der Waals surface area contributed by atoms with Crippen LogP contribution in [0.25, 0.3) is 0 Å². The Morgan fingerprint density at radius 3 is 2.41 bits per heavy atom. The van der Waals surface area contributed by atoms with Gasteiger partial charge in [-0.25, -0.2) is 8.42 Å². The van der Waals surface area contributed by atoms with E-state index in [0.717, 1.165) is 15.6 Å². The van der Waals surface area contributed by atoms with Crippen LogP contribution in [0.3, 0.4) is 0 Å². The van der Waals surface area contributed by atoms with Crippen molar-refractivity contribution in [2.24, 2.45) is 0 Å². The summed E-state index contributed by atoms with van der Waals surface area (Å²) < 4.78 is 37.2. The van der Waals surface area contributed by atoms with Crippen molar-refractivity contribution in [2.45, 2.75) is 4.21 Å². The van der Waals surface area contributed by atoms with Gasteiger partial charge in [-0.05, 0) is 24.3 Å². The molecule has 0 aliphatic rings. The number of amides is 1. The summed E-state index contributed by atoms with van der Waals surface area (Å²) in [7, 11) is 0.758. The third-order valence-electron chi connectivity index (χ3n) is 3.75. The minimum atomic E-state index is -3.75. The second-order valence-corrected chi connectivity index (χ2v) is 9.62. The van der Waals surface area contributed by atoms with Gasteiger partial charge in [-0.1, -0.05) is 23.7 Å². The Hall–Kier alpha value is -1.81. The average Bonchev–Trinajstić information content (AvgIpc) is 3.09. The van der Waals surface area contributed by atoms with Crippen LogP contribution in [0, 0.1) is 0 Å². The minimum absolute atomic E-state index is 0.102. The number of hydrogen-bond donors (Lipinski definition) is 0. The summed E-state index contributed by atoms with van der Waals surface area (Å²) in [5.74, 6) is 0.842. The smallest absolute Gasteiger partial charge is 0.252 e. The second kappa shape index (κ2) is 9.41. The number of para-hydroxylation sites is 2. The van der Waals surface area contributed by atoms with Gasteiger partial charge in [-0.3, -0.25) is 4.79 Å². The predicted octanol–water partition coefficient (Wildman–Crippen LogP) is 2.57. The molecule has 1 amide bonds. The highest BCUT2D eigenvalue weighted by molar-refractivity contribution is 7.91. The molecule has 0 aliphatic heterocycles. The summed E-state index contributed by atoms with van der Waals surface area (Å²) in [6.07, 6.45) is 0. The van der Waals surface area contributed by atoms with Crippen LogP contribution in [0.15, 0.2) is 40.6 Å². The third-order valence-corrected chi connectivity index (χ3v) is 7.25. The normalized spacial score (nSPS) is 11.4. The van der Waals surface area contributed by atoms with E-state index in [0.29, 0.717) is 22.4 Å². The van der Waals surface area contributed by atoms with Gasteiger partial charge in [-0.2, -0.15) is 4.31 Å². The molecular formula is C17H21ClN2O5S2. The molecule has 0 fully saturated rings. The molecule has 0 saturated heterocycles. The molecule has 0 radical (unpaired) electrons. The van der Waals surface area contributed by atoms with Crippen LogP contribution in [0.5, 0.6) is 11.5 Å². The first-order valence-corrected chi connectivity index (χ1v) is 10.6. The van der Waals surface area contributed by atoms with E-state index in [-0.39, 0.29) is 23.3 Å². The zero-order chi connectivity index (χ0) is 20.0. The number of nitrogens with zero attached hydrogens (tertiary/aromatic N) is 2. The maximum atomic E-state index is 12.4. The molecule has 2 aromatic rings. The molecule has 27 heavy (non-hydrogen) atoms. The van der Waals surface area contributed by atoms with Crippen LogP contribution >= 0.6 is 22.9 Å². The van der Waals surface area contributed by atoms with Crippen molar-refractivity contribution in [3.05, 3.63) is 40.7 Å². The van der Waals surface area contributed by atoms with Gasteiger partial charge in [0.05, 0.1) is 24.5 Å². The van der Waals surface area contributed by atoms with Gasteiger partial charge >= 0.3 is 0 Å². The van der Waals surface area contributed by atoms with Crippen molar-refractivity contribution in [3.8, 4) is 11.5 Å². The number of rotatable bonds is 9. The molecule has 0 atom stereocenters. The molecule has 0 bridgehead atoms. The Bertz CT molecular complexity index is 885. The van der Waals surface area contributed by atoms with E-state index in [1.807, 2.05) is 12.1 Å². The molecule has 2 rings (SSSR count). The lowest BCUT2D eigenvalue weighted by atomic mass is 10.3. The van der Waals surface area contributed by atoms with Crippen molar-refractivity contribution >= 4 is 38.9 Å². The standard InChI is InChI=1S/C17H21ClN2O5S2/c1-19(10-11-25-14-7-5-4-6-13(14)24-3)16(21)12-20(2)27(22,23)17-9-8-15(18)26-17/h4-9H,10-12H2,1-3H3. The Labute approximate surface area is 168 Å². The monoisotopic (exact) mass is 432 g/mol. The van der Waals surface area contributed by atoms with Crippen LogP contribution in [-0.2, 0) is 14.8 Å². The highest BCUT2D eigenvalue weighted by Gasteiger charge is 2.25. The molecule has 10 heteroatoms. The fourth-order valence-electron chi connectivity index (χ4n) is 2.14. The molecule has 1 aromatic heterocycles. The van der Waals surface area contributed by atoms with E-state index in [1.165, 1.54) is 24.1 Å². The quantitative estimate of drug-likeness (QED) is 0.608. The lowest BCUT2D eigenvalue weighted by Crippen LogP contribution is -2.40. The summed E-state index contributed by atoms with van der Waals surface area (Å²) in [6, 6.07) is 10.1. The molecule has 7 nitrogen and oxygen atoms in total. The van der Waals surface area contributed by atoms with E-state index in [4.69, 9.17) is 21.1 Å². The fourth-order valence-corrected chi connectivity index (χ4v) is 4.96. The summed E-state index contributed by atoms with van der Waals surface area (Å²) in [4.78, 5) is 13.7. The number of methoxy groups -OCH3 is 1. The molecular weight excluding hydrogens is 412 g/mol. The Kier molecular flexibility index (Phi) is 7.49. The zero-order valence-corrected chi connectivity index (χ0v) is 17.6. The summed E-state index contributed by atoms with van der Waals surface area (Å²) in [5, 5.41) is 0. The number of benzene rings is 1. The van der Waals surface area contributed by atoms with Crippen molar-refractivity contribution in [1.29, 1.82) is 0 Å². The molecule has 0 spiro atoms. The maximum absolute atomic E-state index is 12.4. The van der Waals surface area contributed by atoms with Gasteiger partial charge in [0.15, 0.2) is 11.5 Å². The Morgan fingerprint density at radius 2 is 1.81 bits per heavy atom. The molecule has 148 valence electrons. The van der Waals surface area contributed by atoms with Crippen molar-refractivity contribution < 1.29 is 22.7 Å². The Morgan fingerprint density at radius 1 is 1.15 bits per heavy atom. The second-order valence-electron chi connectivity index (χ2n) is 5.63. The summed E-state index contributed by atoms with van der Waals surface area (Å²) >= 11 is 6.75. The van der Waals surface area contributed by atoms with E-state index in [9.17, 15) is 13.2 Å². The van der Waals surface area contributed by atoms with Crippen molar-refractivity contribution in [1.82, 2.24) is 9.21 Å². The van der Waals surface area contributed by atoms with Crippen LogP contribution in [0.1, 0.15) is 0 Å². The van der Waals surface area contributed by atoms with Gasteiger partial charge in [0.25, 0.3) is 10.0 Å². The molecule has 0 N–H and O–H groups in total. The average molecular weight is 433 g/mol. The van der Waals surface area contributed by atoms with Gasteiger partial charge in [0.2, 0.25) is 5.91 Å². The summed E-state index contributed by atoms with van der Waals surface area (Å²) in [6.45, 7) is 0.276. The first kappa shape index (κ1) is 21.5. The molecule has 1 aromatic carbocycles. The third kappa shape index (κ3) is 5.58. The zero-order valence-electron chi connectivity index (χ0n) is 15.2. The number of hydrogen-bond acceptors (Lipinski definition) is 6. The first-order chi connectivity index (χ1) is 12.8. The van der Waals surface area contributed by atoms with Crippen LogP contribution < -0.4 is 9.47 Å². The number of ether oxygens (including phenoxy) is 2. The first-order valence-electron chi connectivity index (χ1n) is 7.97. The van der Waals surface area contributed by atoms with Gasteiger partial charge in [-0.15, -0.1) is 11.3 Å². The molecule has 0 unspecified atom stereocenters. The lowest BCUT2D eigenvalue weighted by Gasteiger charge is -2.21. The lowest BCUT2D eigenvalue weighted by molar-refractivity contribution is -0.130. The number of halogens is 1. The fraction of sp³-hybridized carbons (Fsp3) is 0.353. The van der Waals surface area contributed by atoms with Crippen LogP contribution in [-0.4, -0.2) is 64.4 Å². The highest BCUT2D eigenvalue weighted by Crippen LogP contribution is 2.27. The SMILES string of the molecule is COc1ccccc1OCCN(C)C(=O)CN(C)S(=O)(=O)c1ccc(Cl)s1. The van der Waals surface area contributed by atoms with Crippen LogP contribution in [0.2, 0.25) is 4.34 Å². The maximum Gasteiger partial charge on any atom is 0.252 e. The van der Waals surface area contributed by atoms with Gasteiger partial charge in [0, 0.05) is 14.1 Å². The Balaban J connectivity index is 1.88. The number of thiophene rings is 1. The topological polar surface area (TPSA) is 76.2 Å². The number of likely N-dealkylation sites (N-methyl/N-ethyl adjacent to an activating group) is 2. The molecule has 1 heterocycles. The number of carbonyl (C=O) groups excluding carboxylic acids is 1. The predicted molar refractivity (Wildman–Crippen MR) is 105 cm³/mol. The van der Waals surface area contributed by atoms with E-state index < -0.39 is 10.0 Å². The van der Waals surface area contributed by atoms with Crippen molar-refractivity contribution in [2.75, 3.05) is 40.9 Å². The highest BCUT2D eigenvalue weighted by atomic mass is 35.5. The van der Waals surface area contributed by atoms with Crippen molar-refractivity contribution in [3.63, 3.8) is 0 Å². The number of sulfonamides is 1. The molecule has 0 aliphatic carbocycles. The van der Waals surface area contributed by atoms with E-state index >= 15 is 0 Å². The minimum Gasteiger partial charge on any atom is -0.493 e. The van der Waals surface area contributed by atoms with E-state index in [2.05, 4.69) is 0 Å². The van der Waals surface area contributed by atoms with E-state index in [1.54, 1.807) is 26.3 Å². The number of carbonyl (C=O) groups is 1. The molecule has 0 saturated carbocycles. The van der Waals surface area contributed by atoms with Gasteiger partial charge in [0.1, 0.15) is 10.8 Å². The van der Waals surface area contributed by atoms with Gasteiger partial charge < -0.3 is 14.4 Å². The van der Waals surface area contributed by atoms with Crippen LogP contribution in [0.4, 0.5) is 0 Å². The largest absolute Gasteiger partial charge is 0.493 e. The summed E-state index contributed by atoms with van der Waals surface area (Å²) in [5.41, 5.74) is 0.